The first-order valence-corrected chi connectivity index (χ1v) is 7.71. The highest BCUT2D eigenvalue weighted by atomic mass is 19.4. The van der Waals surface area contributed by atoms with Gasteiger partial charge in [0.05, 0.1) is 5.56 Å². The number of rotatable bonds is 0. The molecule has 0 heterocycles. The van der Waals surface area contributed by atoms with Gasteiger partial charge in [0.25, 0.3) is 0 Å². The van der Waals surface area contributed by atoms with E-state index in [1.54, 1.807) is 12.1 Å². The Morgan fingerprint density at radius 3 is 1.67 bits per heavy atom. The molecule has 5 aromatic rings. The first-order valence-electron chi connectivity index (χ1n) is 7.71. The second-order valence-corrected chi connectivity index (χ2v) is 6.10. The molecule has 0 fully saturated rings. The fourth-order valence-electron chi connectivity index (χ4n) is 3.89. The fourth-order valence-corrected chi connectivity index (χ4v) is 3.89. The van der Waals surface area contributed by atoms with Crippen LogP contribution >= 0.6 is 0 Å². The van der Waals surface area contributed by atoms with Crippen LogP contribution in [0.25, 0.3) is 43.1 Å². The van der Waals surface area contributed by atoms with Crippen LogP contribution in [0.5, 0.6) is 0 Å². The standard InChI is InChI=1S/C21H11F3/c22-21(23,24)17-11-10-13-6-2-8-15-14-7-1-4-12-5-3-9-16(18(12)14)20(17)19(13)15/h1-11H. The van der Waals surface area contributed by atoms with Gasteiger partial charge in [-0.3, -0.25) is 0 Å². The van der Waals surface area contributed by atoms with Gasteiger partial charge in [0.15, 0.2) is 0 Å². The predicted molar refractivity (Wildman–Crippen MR) is 92.7 cm³/mol. The summed E-state index contributed by atoms with van der Waals surface area (Å²) in [7, 11) is 0. The van der Waals surface area contributed by atoms with E-state index in [0.717, 1.165) is 26.9 Å². The van der Waals surface area contributed by atoms with E-state index in [1.165, 1.54) is 6.07 Å². The zero-order valence-electron chi connectivity index (χ0n) is 12.5. The molecule has 5 rings (SSSR count). The van der Waals surface area contributed by atoms with Crippen LogP contribution < -0.4 is 0 Å². The van der Waals surface area contributed by atoms with Crippen molar-refractivity contribution in [3.05, 3.63) is 72.3 Å². The molecular weight excluding hydrogens is 309 g/mol. The molecule has 0 nitrogen and oxygen atoms in total. The van der Waals surface area contributed by atoms with Crippen molar-refractivity contribution in [2.45, 2.75) is 6.18 Å². The Labute approximate surface area is 135 Å². The molecule has 0 atom stereocenters. The smallest absolute Gasteiger partial charge is 0.166 e. The van der Waals surface area contributed by atoms with Gasteiger partial charge in [-0.2, -0.15) is 13.2 Å². The van der Waals surface area contributed by atoms with Crippen LogP contribution in [0.15, 0.2) is 66.7 Å². The molecule has 0 radical (unpaired) electrons. The van der Waals surface area contributed by atoms with Gasteiger partial charge in [0.1, 0.15) is 0 Å². The molecule has 0 unspecified atom stereocenters. The van der Waals surface area contributed by atoms with Crippen molar-refractivity contribution >= 4 is 43.1 Å². The Hall–Kier alpha value is -2.81. The number of alkyl halides is 3. The first-order chi connectivity index (χ1) is 11.6. The van der Waals surface area contributed by atoms with E-state index in [4.69, 9.17) is 0 Å². The molecule has 0 saturated carbocycles. The summed E-state index contributed by atoms with van der Waals surface area (Å²) in [4.78, 5) is 0. The summed E-state index contributed by atoms with van der Waals surface area (Å²) in [6.07, 6.45) is -4.38. The van der Waals surface area contributed by atoms with Crippen molar-refractivity contribution in [3.63, 3.8) is 0 Å². The lowest BCUT2D eigenvalue weighted by Gasteiger charge is -2.18. The van der Waals surface area contributed by atoms with E-state index in [2.05, 4.69) is 0 Å². The largest absolute Gasteiger partial charge is 0.417 e. The Morgan fingerprint density at radius 2 is 1.04 bits per heavy atom. The molecule has 0 aliphatic carbocycles. The SMILES string of the molecule is FC(F)(F)c1ccc2cccc3c4cccc5cccc(c1c23)c54. The summed E-state index contributed by atoms with van der Waals surface area (Å²) in [6, 6.07) is 19.9. The van der Waals surface area contributed by atoms with Crippen LogP contribution in [0.1, 0.15) is 5.56 Å². The van der Waals surface area contributed by atoms with Crippen molar-refractivity contribution in [1.82, 2.24) is 0 Å². The lowest BCUT2D eigenvalue weighted by Crippen LogP contribution is -2.06. The third-order valence-corrected chi connectivity index (χ3v) is 4.82. The van der Waals surface area contributed by atoms with E-state index >= 15 is 0 Å². The minimum absolute atomic E-state index is 0.305. The van der Waals surface area contributed by atoms with Gasteiger partial charge in [0, 0.05) is 5.39 Å². The summed E-state index contributed by atoms with van der Waals surface area (Å²) in [5.41, 5.74) is -0.565. The van der Waals surface area contributed by atoms with Gasteiger partial charge in [-0.1, -0.05) is 60.7 Å². The predicted octanol–water partition coefficient (Wildman–Crippen LogP) is 6.76. The highest BCUT2D eigenvalue weighted by molar-refractivity contribution is 6.33. The second kappa shape index (κ2) is 4.38. The summed E-state index contributed by atoms with van der Waals surface area (Å²) in [5.74, 6) is 0. The van der Waals surface area contributed by atoms with Crippen LogP contribution in [0, 0.1) is 0 Å². The Balaban J connectivity index is 2.24. The molecule has 3 heteroatoms. The number of halogens is 3. The van der Waals surface area contributed by atoms with Gasteiger partial charge < -0.3 is 0 Å². The average molecular weight is 320 g/mol. The van der Waals surface area contributed by atoms with Crippen molar-refractivity contribution in [1.29, 1.82) is 0 Å². The molecule has 0 aliphatic heterocycles. The van der Waals surface area contributed by atoms with Crippen LogP contribution in [0.4, 0.5) is 13.2 Å². The highest BCUT2D eigenvalue weighted by Crippen LogP contribution is 2.45. The van der Waals surface area contributed by atoms with Gasteiger partial charge in [-0.05, 0) is 43.8 Å². The second-order valence-electron chi connectivity index (χ2n) is 6.10. The quantitative estimate of drug-likeness (QED) is 0.218. The first kappa shape index (κ1) is 13.6. The molecule has 0 aromatic heterocycles. The number of hydrogen-bond acceptors (Lipinski definition) is 0. The molecule has 0 aliphatic rings. The molecule has 116 valence electrons. The van der Waals surface area contributed by atoms with Crippen LogP contribution in [0.2, 0.25) is 0 Å². The summed E-state index contributed by atoms with van der Waals surface area (Å²) < 4.78 is 41.0. The normalized spacial score (nSPS) is 12.8. The van der Waals surface area contributed by atoms with E-state index in [0.29, 0.717) is 16.2 Å². The number of benzene rings is 5. The summed E-state index contributed by atoms with van der Waals surface area (Å²) in [5, 5.41) is 6.24. The summed E-state index contributed by atoms with van der Waals surface area (Å²) in [6.45, 7) is 0. The van der Waals surface area contributed by atoms with Crippen molar-refractivity contribution in [3.8, 4) is 0 Å². The molecule has 0 spiro atoms. The van der Waals surface area contributed by atoms with Gasteiger partial charge >= 0.3 is 6.18 Å². The van der Waals surface area contributed by atoms with E-state index in [-0.39, 0.29) is 0 Å². The fraction of sp³-hybridized carbons (Fsp3) is 0.0476. The molecule has 24 heavy (non-hydrogen) atoms. The van der Waals surface area contributed by atoms with Crippen LogP contribution in [0.3, 0.4) is 0 Å². The highest BCUT2D eigenvalue weighted by Gasteiger charge is 2.34. The molecule has 0 bridgehead atoms. The third-order valence-electron chi connectivity index (χ3n) is 4.82. The summed E-state index contributed by atoms with van der Waals surface area (Å²) >= 11 is 0. The third kappa shape index (κ3) is 1.64. The molecular formula is C21H11F3. The number of fused-ring (bicyclic) bond motifs is 2. The zero-order chi connectivity index (χ0) is 16.5. The number of hydrogen-bond donors (Lipinski definition) is 0. The van der Waals surface area contributed by atoms with E-state index < -0.39 is 11.7 Å². The zero-order valence-corrected chi connectivity index (χ0v) is 12.5. The van der Waals surface area contributed by atoms with E-state index in [9.17, 15) is 13.2 Å². The maximum absolute atomic E-state index is 13.7. The molecule has 5 aromatic carbocycles. The minimum atomic E-state index is -4.38. The topological polar surface area (TPSA) is 0 Å². The lowest BCUT2D eigenvalue weighted by atomic mass is 9.87. The van der Waals surface area contributed by atoms with Gasteiger partial charge in [0.2, 0.25) is 0 Å². The van der Waals surface area contributed by atoms with Crippen LogP contribution in [-0.4, -0.2) is 0 Å². The van der Waals surface area contributed by atoms with Crippen molar-refractivity contribution in [2.75, 3.05) is 0 Å². The van der Waals surface area contributed by atoms with Crippen molar-refractivity contribution in [2.24, 2.45) is 0 Å². The Kier molecular flexibility index (Phi) is 2.49. The molecule has 0 amide bonds. The monoisotopic (exact) mass is 320 g/mol. The van der Waals surface area contributed by atoms with E-state index in [1.807, 2.05) is 48.5 Å². The minimum Gasteiger partial charge on any atom is -0.166 e. The molecule has 0 N–H and O–H groups in total. The average Bonchev–Trinajstić information content (AvgIpc) is 2.58. The maximum atomic E-state index is 13.7. The molecule has 0 saturated heterocycles. The lowest BCUT2D eigenvalue weighted by molar-refractivity contribution is -0.136. The van der Waals surface area contributed by atoms with Crippen molar-refractivity contribution < 1.29 is 13.2 Å². The Bertz CT molecular complexity index is 1230. The van der Waals surface area contributed by atoms with Gasteiger partial charge in [-0.15, -0.1) is 0 Å². The maximum Gasteiger partial charge on any atom is 0.417 e. The van der Waals surface area contributed by atoms with Crippen LogP contribution in [-0.2, 0) is 6.18 Å². The Morgan fingerprint density at radius 1 is 0.500 bits per heavy atom. The van der Waals surface area contributed by atoms with Gasteiger partial charge in [-0.25, -0.2) is 0 Å².